The van der Waals surface area contributed by atoms with Crippen LogP contribution in [0.25, 0.3) is 0 Å². The van der Waals surface area contributed by atoms with Crippen LogP contribution < -0.4 is 10.0 Å². The molecular formula is C19H23BrN2O4S. The maximum absolute atomic E-state index is 12.7. The van der Waals surface area contributed by atoms with Crippen LogP contribution in [0.1, 0.15) is 34.5 Å². The van der Waals surface area contributed by atoms with Crippen molar-refractivity contribution in [3.8, 4) is 0 Å². The van der Waals surface area contributed by atoms with Gasteiger partial charge in [0.2, 0.25) is 10.0 Å². The Hall–Kier alpha value is -1.74. The Labute approximate surface area is 168 Å². The Bertz CT molecular complexity index is 898. The zero-order chi connectivity index (χ0) is 20.0. The Kier molecular flexibility index (Phi) is 7.55. The maximum atomic E-state index is 12.7. The van der Waals surface area contributed by atoms with Crippen molar-refractivity contribution in [2.75, 3.05) is 20.3 Å². The molecule has 0 saturated heterocycles. The number of carbonyl (C=O) groups is 1. The van der Waals surface area contributed by atoms with Gasteiger partial charge >= 0.3 is 0 Å². The first-order valence-electron chi connectivity index (χ1n) is 8.40. The number of amides is 1. The van der Waals surface area contributed by atoms with Crippen molar-refractivity contribution in [1.82, 2.24) is 10.0 Å². The Morgan fingerprint density at radius 2 is 1.85 bits per heavy atom. The second kappa shape index (κ2) is 9.45. The fourth-order valence-electron chi connectivity index (χ4n) is 2.42. The van der Waals surface area contributed by atoms with Crippen molar-refractivity contribution in [3.63, 3.8) is 0 Å². The largest absolute Gasteiger partial charge is 0.383 e. The highest BCUT2D eigenvalue weighted by molar-refractivity contribution is 9.10. The van der Waals surface area contributed by atoms with Crippen LogP contribution in [0.5, 0.6) is 0 Å². The van der Waals surface area contributed by atoms with Gasteiger partial charge in [-0.2, -0.15) is 0 Å². The SMILES string of the molecule is COCCNS(=O)(=O)c1ccc(Br)c(C(=O)NC(C)c2ccc(C)cc2)c1. The first-order chi connectivity index (χ1) is 12.7. The first-order valence-corrected chi connectivity index (χ1v) is 10.7. The second-order valence-corrected chi connectivity index (χ2v) is 8.76. The van der Waals surface area contributed by atoms with Crippen molar-refractivity contribution >= 4 is 31.9 Å². The van der Waals surface area contributed by atoms with E-state index in [9.17, 15) is 13.2 Å². The molecule has 1 unspecified atom stereocenters. The van der Waals surface area contributed by atoms with Gasteiger partial charge in [0, 0.05) is 18.1 Å². The third-order valence-electron chi connectivity index (χ3n) is 4.02. The summed E-state index contributed by atoms with van der Waals surface area (Å²) in [7, 11) is -2.23. The van der Waals surface area contributed by atoms with Crippen LogP contribution in [0, 0.1) is 6.92 Å². The van der Waals surface area contributed by atoms with E-state index < -0.39 is 10.0 Å². The number of halogens is 1. The number of aryl methyl sites for hydroxylation is 1. The van der Waals surface area contributed by atoms with Crippen molar-refractivity contribution in [3.05, 3.63) is 63.6 Å². The van der Waals surface area contributed by atoms with E-state index in [-0.39, 0.29) is 35.6 Å². The van der Waals surface area contributed by atoms with Gasteiger partial charge in [-0.1, -0.05) is 29.8 Å². The number of hydrogen-bond donors (Lipinski definition) is 2. The van der Waals surface area contributed by atoms with Gasteiger partial charge in [0.15, 0.2) is 0 Å². The molecule has 2 rings (SSSR count). The van der Waals surface area contributed by atoms with E-state index in [1.165, 1.54) is 19.2 Å². The summed E-state index contributed by atoms with van der Waals surface area (Å²) < 4.78 is 32.5. The van der Waals surface area contributed by atoms with Gasteiger partial charge in [-0.25, -0.2) is 13.1 Å². The number of nitrogens with one attached hydrogen (secondary N) is 2. The molecule has 1 amide bonds. The summed E-state index contributed by atoms with van der Waals surface area (Å²) in [6.45, 7) is 4.29. The Morgan fingerprint density at radius 1 is 1.19 bits per heavy atom. The van der Waals surface area contributed by atoms with Gasteiger partial charge in [0.05, 0.1) is 23.1 Å². The molecule has 2 N–H and O–H groups in total. The molecule has 0 aromatic heterocycles. The molecule has 8 heteroatoms. The fourth-order valence-corrected chi connectivity index (χ4v) is 3.89. The van der Waals surface area contributed by atoms with Crippen LogP contribution >= 0.6 is 15.9 Å². The standard InChI is InChI=1S/C19H23BrN2O4S/c1-13-4-6-15(7-5-13)14(2)22-19(23)17-12-16(8-9-18(17)20)27(24,25)21-10-11-26-3/h4-9,12,14,21H,10-11H2,1-3H3,(H,22,23). The van der Waals surface area contributed by atoms with Gasteiger partial charge in [0.1, 0.15) is 0 Å². The number of sulfonamides is 1. The number of rotatable bonds is 8. The lowest BCUT2D eigenvalue weighted by Crippen LogP contribution is -2.29. The van der Waals surface area contributed by atoms with Crippen molar-refractivity contribution in [2.45, 2.75) is 24.8 Å². The van der Waals surface area contributed by atoms with Crippen LogP contribution in [0.3, 0.4) is 0 Å². The summed E-state index contributed by atoms with van der Waals surface area (Å²) in [4.78, 5) is 12.7. The average molecular weight is 455 g/mol. The molecule has 27 heavy (non-hydrogen) atoms. The molecule has 0 spiro atoms. The predicted octanol–water partition coefficient (Wildman–Crippen LogP) is 3.17. The minimum absolute atomic E-state index is 0.0231. The first kappa shape index (κ1) is 21.6. The van der Waals surface area contributed by atoms with Crippen LogP contribution in [-0.4, -0.2) is 34.6 Å². The molecule has 0 aliphatic rings. The number of methoxy groups -OCH3 is 1. The maximum Gasteiger partial charge on any atom is 0.252 e. The molecule has 146 valence electrons. The number of carbonyl (C=O) groups excluding carboxylic acids is 1. The monoisotopic (exact) mass is 454 g/mol. The Balaban J connectivity index is 2.19. The lowest BCUT2D eigenvalue weighted by atomic mass is 10.1. The van der Waals surface area contributed by atoms with Crippen molar-refractivity contribution in [1.29, 1.82) is 0 Å². The van der Waals surface area contributed by atoms with Crippen LogP contribution in [0.2, 0.25) is 0 Å². The Morgan fingerprint density at radius 3 is 2.48 bits per heavy atom. The summed E-state index contributed by atoms with van der Waals surface area (Å²) in [6, 6.07) is 12.0. The third kappa shape index (κ3) is 5.87. The number of benzene rings is 2. The molecule has 0 fully saturated rings. The van der Waals surface area contributed by atoms with Crippen LogP contribution in [0.15, 0.2) is 51.8 Å². The highest BCUT2D eigenvalue weighted by Gasteiger charge is 2.19. The van der Waals surface area contributed by atoms with E-state index in [0.29, 0.717) is 4.47 Å². The summed E-state index contributed by atoms with van der Waals surface area (Å²) in [5.74, 6) is -0.358. The third-order valence-corrected chi connectivity index (χ3v) is 6.17. The van der Waals surface area contributed by atoms with E-state index in [1.54, 1.807) is 6.07 Å². The number of ether oxygens (including phenoxy) is 1. The minimum Gasteiger partial charge on any atom is -0.383 e. The molecule has 1 atom stereocenters. The summed E-state index contributed by atoms with van der Waals surface area (Å²) >= 11 is 3.32. The molecule has 2 aromatic rings. The molecule has 0 saturated carbocycles. The summed E-state index contributed by atoms with van der Waals surface area (Å²) in [6.07, 6.45) is 0. The van der Waals surface area contributed by atoms with E-state index in [2.05, 4.69) is 26.0 Å². The molecular weight excluding hydrogens is 432 g/mol. The van der Waals surface area contributed by atoms with E-state index in [1.807, 2.05) is 38.1 Å². The number of hydrogen-bond acceptors (Lipinski definition) is 4. The topological polar surface area (TPSA) is 84.5 Å². The molecule has 0 aliphatic heterocycles. The second-order valence-electron chi connectivity index (χ2n) is 6.14. The quantitative estimate of drug-likeness (QED) is 0.599. The zero-order valence-corrected chi connectivity index (χ0v) is 17.9. The van der Waals surface area contributed by atoms with E-state index in [4.69, 9.17) is 4.74 Å². The summed E-state index contributed by atoms with van der Waals surface area (Å²) in [5.41, 5.74) is 2.36. The van der Waals surface area contributed by atoms with E-state index in [0.717, 1.165) is 11.1 Å². The van der Waals surface area contributed by atoms with Gasteiger partial charge in [-0.15, -0.1) is 0 Å². The van der Waals surface area contributed by atoms with Crippen molar-refractivity contribution < 1.29 is 17.9 Å². The van der Waals surface area contributed by atoms with Crippen LogP contribution in [0.4, 0.5) is 0 Å². The predicted molar refractivity (Wildman–Crippen MR) is 108 cm³/mol. The van der Waals surface area contributed by atoms with Gasteiger partial charge in [-0.3, -0.25) is 4.79 Å². The zero-order valence-electron chi connectivity index (χ0n) is 15.5. The summed E-state index contributed by atoms with van der Waals surface area (Å²) in [5, 5.41) is 2.90. The lowest BCUT2D eigenvalue weighted by Gasteiger charge is -2.16. The molecule has 0 heterocycles. The van der Waals surface area contributed by atoms with Gasteiger partial charge in [-0.05, 0) is 53.5 Å². The highest BCUT2D eigenvalue weighted by Crippen LogP contribution is 2.22. The molecule has 6 nitrogen and oxygen atoms in total. The lowest BCUT2D eigenvalue weighted by molar-refractivity contribution is 0.0939. The van der Waals surface area contributed by atoms with Crippen LogP contribution in [-0.2, 0) is 14.8 Å². The van der Waals surface area contributed by atoms with Gasteiger partial charge < -0.3 is 10.1 Å². The smallest absolute Gasteiger partial charge is 0.252 e. The molecule has 2 aromatic carbocycles. The average Bonchev–Trinajstić information content (AvgIpc) is 2.62. The highest BCUT2D eigenvalue weighted by atomic mass is 79.9. The minimum atomic E-state index is -3.72. The van der Waals surface area contributed by atoms with Crippen molar-refractivity contribution in [2.24, 2.45) is 0 Å². The normalized spacial score (nSPS) is 12.6. The van der Waals surface area contributed by atoms with E-state index >= 15 is 0 Å². The molecule has 0 aliphatic carbocycles. The van der Waals surface area contributed by atoms with Gasteiger partial charge in [0.25, 0.3) is 5.91 Å². The fraction of sp³-hybridized carbons (Fsp3) is 0.316. The molecule has 0 bridgehead atoms. The molecule has 0 radical (unpaired) electrons.